The third-order valence-corrected chi connectivity index (χ3v) is 2.67. The normalized spacial score (nSPS) is 58.0. The SMILES string of the molecule is OC[C@@H]1[C@H](O)[C@H](O)[C@@H](O)[C@@H]2O[C@H]12. The lowest BCUT2D eigenvalue weighted by Gasteiger charge is -2.30. The first-order chi connectivity index (χ1) is 5.66. The van der Waals surface area contributed by atoms with Gasteiger partial charge in [0.15, 0.2) is 0 Å². The number of aliphatic hydroxyl groups is 4. The van der Waals surface area contributed by atoms with Gasteiger partial charge in [-0.25, -0.2) is 0 Å². The molecule has 0 aromatic carbocycles. The minimum Gasteiger partial charge on any atom is -0.396 e. The van der Waals surface area contributed by atoms with E-state index in [2.05, 4.69) is 0 Å². The molecule has 12 heavy (non-hydrogen) atoms. The number of ether oxygens (including phenoxy) is 1. The molecule has 4 N–H and O–H groups in total. The van der Waals surface area contributed by atoms with Crippen molar-refractivity contribution >= 4 is 0 Å². The quantitative estimate of drug-likeness (QED) is 0.330. The van der Waals surface area contributed by atoms with Crippen molar-refractivity contribution < 1.29 is 25.2 Å². The average Bonchev–Trinajstić information content (AvgIpc) is 2.81. The molecule has 5 nitrogen and oxygen atoms in total. The second-order valence-corrected chi connectivity index (χ2v) is 3.38. The van der Waals surface area contributed by atoms with Gasteiger partial charge in [-0.2, -0.15) is 0 Å². The van der Waals surface area contributed by atoms with Gasteiger partial charge in [0.2, 0.25) is 0 Å². The van der Waals surface area contributed by atoms with Crippen molar-refractivity contribution in [3.63, 3.8) is 0 Å². The molecule has 2 aliphatic rings. The summed E-state index contributed by atoms with van der Waals surface area (Å²) >= 11 is 0. The van der Waals surface area contributed by atoms with E-state index in [1.165, 1.54) is 0 Å². The maximum absolute atomic E-state index is 9.35. The van der Waals surface area contributed by atoms with Crippen LogP contribution in [0.4, 0.5) is 0 Å². The Labute approximate surface area is 69.2 Å². The maximum Gasteiger partial charge on any atom is 0.113 e. The number of fused-ring (bicyclic) bond motifs is 1. The van der Waals surface area contributed by atoms with Gasteiger partial charge in [-0.3, -0.25) is 0 Å². The molecule has 1 saturated carbocycles. The number of rotatable bonds is 1. The summed E-state index contributed by atoms with van der Waals surface area (Å²) < 4.78 is 5.00. The van der Waals surface area contributed by atoms with E-state index in [-0.39, 0.29) is 12.7 Å². The van der Waals surface area contributed by atoms with Gasteiger partial charge in [-0.05, 0) is 0 Å². The molecule has 70 valence electrons. The summed E-state index contributed by atoms with van der Waals surface area (Å²) in [6.45, 7) is -0.230. The fraction of sp³-hybridized carbons (Fsp3) is 1.00. The molecule has 1 heterocycles. The Bertz CT molecular complexity index is 185. The molecule has 1 aliphatic heterocycles. The first kappa shape index (κ1) is 8.40. The molecule has 0 aromatic heterocycles. The van der Waals surface area contributed by atoms with Crippen molar-refractivity contribution in [2.24, 2.45) is 5.92 Å². The summed E-state index contributed by atoms with van der Waals surface area (Å²) in [4.78, 5) is 0. The summed E-state index contributed by atoms with van der Waals surface area (Å²) in [6.07, 6.45) is -4.00. The van der Waals surface area contributed by atoms with Crippen LogP contribution in [-0.4, -0.2) is 57.6 Å². The fourth-order valence-electron chi connectivity index (χ4n) is 1.81. The highest BCUT2D eigenvalue weighted by molar-refractivity contribution is 5.07. The van der Waals surface area contributed by atoms with Crippen LogP contribution in [0, 0.1) is 5.92 Å². The van der Waals surface area contributed by atoms with Crippen LogP contribution >= 0.6 is 0 Å². The first-order valence-corrected chi connectivity index (χ1v) is 3.97. The van der Waals surface area contributed by atoms with E-state index in [1.54, 1.807) is 0 Å². The summed E-state index contributed by atoms with van der Waals surface area (Å²) in [7, 11) is 0. The Morgan fingerprint density at radius 3 is 2.17 bits per heavy atom. The monoisotopic (exact) mass is 176 g/mol. The van der Waals surface area contributed by atoms with E-state index < -0.39 is 30.3 Å². The Morgan fingerprint density at radius 1 is 0.917 bits per heavy atom. The molecule has 0 amide bonds. The van der Waals surface area contributed by atoms with Crippen LogP contribution in [0.5, 0.6) is 0 Å². The number of aliphatic hydroxyl groups excluding tert-OH is 4. The molecule has 0 radical (unpaired) electrons. The highest BCUT2D eigenvalue weighted by atomic mass is 16.6. The molecule has 0 bridgehead atoms. The molecule has 0 aromatic rings. The Hall–Kier alpha value is -0.200. The second kappa shape index (κ2) is 2.65. The van der Waals surface area contributed by atoms with E-state index in [0.717, 1.165) is 0 Å². The van der Waals surface area contributed by atoms with Crippen molar-refractivity contribution in [2.45, 2.75) is 30.5 Å². The summed E-state index contributed by atoms with van der Waals surface area (Å²) in [5.41, 5.74) is 0. The van der Waals surface area contributed by atoms with E-state index >= 15 is 0 Å². The minimum atomic E-state index is -1.20. The maximum atomic E-state index is 9.35. The van der Waals surface area contributed by atoms with Crippen LogP contribution in [0.25, 0.3) is 0 Å². The van der Waals surface area contributed by atoms with Crippen molar-refractivity contribution in [2.75, 3.05) is 6.61 Å². The molecular weight excluding hydrogens is 164 g/mol. The zero-order chi connectivity index (χ0) is 8.88. The predicted molar refractivity (Wildman–Crippen MR) is 37.3 cm³/mol. The third kappa shape index (κ3) is 0.982. The van der Waals surface area contributed by atoms with Crippen LogP contribution in [-0.2, 0) is 4.74 Å². The van der Waals surface area contributed by atoms with Gasteiger partial charge in [0, 0.05) is 5.92 Å². The van der Waals surface area contributed by atoms with E-state index in [0.29, 0.717) is 0 Å². The molecule has 1 aliphatic carbocycles. The summed E-state index contributed by atoms with van der Waals surface area (Å²) in [6, 6.07) is 0. The zero-order valence-corrected chi connectivity index (χ0v) is 6.37. The molecule has 5 heteroatoms. The number of hydrogen-bond acceptors (Lipinski definition) is 5. The standard InChI is InChI=1S/C7H12O5/c8-1-2-3(9)4(10)5(11)7-6(2)12-7/h2-11H,1H2/t2-,3+,4+,5-,6-,7+/m1/s1. The smallest absolute Gasteiger partial charge is 0.113 e. The fourth-order valence-corrected chi connectivity index (χ4v) is 1.81. The van der Waals surface area contributed by atoms with Gasteiger partial charge in [0.05, 0.1) is 18.8 Å². The lowest BCUT2D eigenvalue weighted by molar-refractivity contribution is -0.105. The van der Waals surface area contributed by atoms with Crippen molar-refractivity contribution in [1.29, 1.82) is 0 Å². The molecule has 6 atom stereocenters. The van der Waals surface area contributed by atoms with Gasteiger partial charge >= 0.3 is 0 Å². The van der Waals surface area contributed by atoms with Gasteiger partial charge < -0.3 is 25.2 Å². The lowest BCUT2D eigenvalue weighted by atomic mass is 9.83. The van der Waals surface area contributed by atoms with Crippen LogP contribution in [0.3, 0.4) is 0 Å². The van der Waals surface area contributed by atoms with Gasteiger partial charge in [0.1, 0.15) is 18.3 Å². The Kier molecular flexibility index (Phi) is 1.85. The molecule has 2 rings (SSSR count). The van der Waals surface area contributed by atoms with Crippen LogP contribution in [0.1, 0.15) is 0 Å². The largest absolute Gasteiger partial charge is 0.396 e. The number of epoxide rings is 1. The van der Waals surface area contributed by atoms with Crippen molar-refractivity contribution in [3.8, 4) is 0 Å². The Balaban J connectivity index is 2.11. The van der Waals surface area contributed by atoms with Gasteiger partial charge in [-0.1, -0.05) is 0 Å². The van der Waals surface area contributed by atoms with Gasteiger partial charge in [0.25, 0.3) is 0 Å². The van der Waals surface area contributed by atoms with Gasteiger partial charge in [-0.15, -0.1) is 0 Å². The topological polar surface area (TPSA) is 93.5 Å². The summed E-state index contributed by atoms with van der Waals surface area (Å²) in [5, 5.41) is 36.7. The van der Waals surface area contributed by atoms with Crippen molar-refractivity contribution in [3.05, 3.63) is 0 Å². The third-order valence-electron chi connectivity index (χ3n) is 2.67. The molecule has 0 spiro atoms. The average molecular weight is 176 g/mol. The molecular formula is C7H12O5. The lowest BCUT2D eigenvalue weighted by Crippen LogP contribution is -2.52. The van der Waals surface area contributed by atoms with Crippen molar-refractivity contribution in [1.82, 2.24) is 0 Å². The predicted octanol–water partition coefficient (Wildman–Crippen LogP) is -2.54. The molecule has 2 fully saturated rings. The Morgan fingerprint density at radius 2 is 1.58 bits per heavy atom. The highest BCUT2D eigenvalue weighted by Crippen LogP contribution is 2.40. The minimum absolute atomic E-state index is 0.230. The van der Waals surface area contributed by atoms with E-state index in [4.69, 9.17) is 9.84 Å². The molecule has 0 unspecified atom stereocenters. The van der Waals surface area contributed by atoms with Crippen LogP contribution < -0.4 is 0 Å². The first-order valence-electron chi connectivity index (χ1n) is 3.97. The molecule has 1 saturated heterocycles. The van der Waals surface area contributed by atoms with Crippen LogP contribution in [0.2, 0.25) is 0 Å². The summed E-state index contributed by atoms with van der Waals surface area (Å²) in [5.74, 6) is -0.464. The highest BCUT2D eigenvalue weighted by Gasteiger charge is 2.59. The van der Waals surface area contributed by atoms with E-state index in [1.807, 2.05) is 0 Å². The second-order valence-electron chi connectivity index (χ2n) is 3.38. The number of hydrogen-bond donors (Lipinski definition) is 4. The zero-order valence-electron chi connectivity index (χ0n) is 6.37. The van der Waals surface area contributed by atoms with Crippen LogP contribution in [0.15, 0.2) is 0 Å². The van der Waals surface area contributed by atoms with E-state index in [9.17, 15) is 15.3 Å².